The first kappa shape index (κ1) is 21.3. The minimum Gasteiger partial charge on any atom is -0.298 e. The van der Waals surface area contributed by atoms with E-state index in [2.05, 4.69) is 44.4 Å². The SMILES string of the molecule is C=CCN(CC=C)S(=O)(=O)c1ccc2nc(NC(=O)c3cncc(Br)c3)sc2c1. The number of nitrogens with zero attached hydrogens (tertiary/aromatic N) is 3. The average molecular weight is 493 g/mol. The van der Waals surface area contributed by atoms with Crippen LogP contribution in [-0.4, -0.2) is 41.7 Å². The first-order valence-corrected chi connectivity index (χ1v) is 11.4. The first-order chi connectivity index (χ1) is 13.8. The zero-order valence-corrected chi connectivity index (χ0v) is 18.4. The highest BCUT2D eigenvalue weighted by molar-refractivity contribution is 9.10. The summed E-state index contributed by atoms with van der Waals surface area (Å²) in [6, 6.07) is 6.32. The van der Waals surface area contributed by atoms with Gasteiger partial charge in [-0.2, -0.15) is 4.31 Å². The molecule has 0 atom stereocenters. The summed E-state index contributed by atoms with van der Waals surface area (Å²) >= 11 is 4.47. The van der Waals surface area contributed by atoms with Gasteiger partial charge in [0.2, 0.25) is 10.0 Å². The van der Waals surface area contributed by atoms with Crippen LogP contribution in [-0.2, 0) is 10.0 Å². The smallest absolute Gasteiger partial charge is 0.259 e. The topological polar surface area (TPSA) is 92.3 Å². The van der Waals surface area contributed by atoms with E-state index in [9.17, 15) is 13.2 Å². The Morgan fingerprint density at radius 2 is 1.93 bits per heavy atom. The molecule has 1 aromatic carbocycles. The molecule has 3 rings (SSSR count). The van der Waals surface area contributed by atoms with Gasteiger partial charge in [-0.1, -0.05) is 23.5 Å². The van der Waals surface area contributed by atoms with E-state index in [1.165, 1.54) is 40.1 Å². The summed E-state index contributed by atoms with van der Waals surface area (Å²) in [6.07, 6.45) is 6.08. The van der Waals surface area contributed by atoms with Gasteiger partial charge in [0.05, 0.1) is 20.7 Å². The van der Waals surface area contributed by atoms with Gasteiger partial charge >= 0.3 is 0 Å². The Morgan fingerprint density at radius 1 is 1.21 bits per heavy atom. The lowest BCUT2D eigenvalue weighted by Crippen LogP contribution is -2.31. The number of hydrogen-bond acceptors (Lipinski definition) is 6. The van der Waals surface area contributed by atoms with Crippen LogP contribution in [0, 0.1) is 0 Å². The molecular formula is C19H17BrN4O3S2. The molecule has 0 bridgehead atoms. The number of hydrogen-bond donors (Lipinski definition) is 1. The summed E-state index contributed by atoms with van der Waals surface area (Å²) < 4.78 is 28.4. The van der Waals surface area contributed by atoms with E-state index >= 15 is 0 Å². The second kappa shape index (κ2) is 8.95. The molecule has 3 aromatic rings. The minimum atomic E-state index is -3.71. The molecule has 0 unspecified atom stereocenters. The zero-order chi connectivity index (χ0) is 21.0. The molecule has 0 aliphatic rings. The van der Waals surface area contributed by atoms with Crippen LogP contribution in [0.5, 0.6) is 0 Å². The monoisotopic (exact) mass is 492 g/mol. The molecule has 10 heteroatoms. The van der Waals surface area contributed by atoms with Crippen molar-refractivity contribution in [2.75, 3.05) is 18.4 Å². The quantitative estimate of drug-likeness (QED) is 0.478. The number of aromatic nitrogens is 2. The van der Waals surface area contributed by atoms with Crippen LogP contribution in [0.4, 0.5) is 5.13 Å². The fourth-order valence-corrected chi connectivity index (χ4v) is 5.28. The first-order valence-electron chi connectivity index (χ1n) is 8.39. The summed E-state index contributed by atoms with van der Waals surface area (Å²) in [7, 11) is -3.71. The molecule has 150 valence electrons. The van der Waals surface area contributed by atoms with Crippen LogP contribution in [0.3, 0.4) is 0 Å². The minimum absolute atomic E-state index is 0.145. The molecule has 0 radical (unpaired) electrons. The number of benzene rings is 1. The molecule has 0 fully saturated rings. The predicted octanol–water partition coefficient (Wildman–Crippen LogP) is 4.07. The van der Waals surface area contributed by atoms with Gasteiger partial charge in [-0.05, 0) is 40.2 Å². The second-order valence-corrected chi connectivity index (χ2v) is 9.78. The lowest BCUT2D eigenvalue weighted by Gasteiger charge is -2.18. The van der Waals surface area contributed by atoms with Gasteiger partial charge in [0.1, 0.15) is 0 Å². The highest BCUT2D eigenvalue weighted by atomic mass is 79.9. The molecule has 7 nitrogen and oxygen atoms in total. The average Bonchev–Trinajstić information content (AvgIpc) is 3.09. The number of carbonyl (C=O) groups is 1. The number of thiazole rings is 1. The van der Waals surface area contributed by atoms with Crippen molar-refractivity contribution >= 4 is 58.5 Å². The van der Waals surface area contributed by atoms with Gasteiger partial charge < -0.3 is 0 Å². The normalized spacial score (nSPS) is 11.5. The Kier molecular flexibility index (Phi) is 6.58. The highest BCUT2D eigenvalue weighted by Crippen LogP contribution is 2.29. The zero-order valence-electron chi connectivity index (χ0n) is 15.2. The lowest BCUT2D eigenvalue weighted by atomic mass is 10.3. The number of rotatable bonds is 8. The summed E-state index contributed by atoms with van der Waals surface area (Å²) in [5.41, 5.74) is 0.974. The second-order valence-electron chi connectivity index (χ2n) is 5.89. The summed E-state index contributed by atoms with van der Waals surface area (Å²) in [4.78, 5) is 20.8. The molecule has 1 amide bonds. The maximum Gasteiger partial charge on any atom is 0.259 e. The number of halogens is 1. The molecule has 0 aliphatic heterocycles. The molecule has 29 heavy (non-hydrogen) atoms. The maximum absolute atomic E-state index is 12.9. The Morgan fingerprint density at radius 3 is 2.59 bits per heavy atom. The summed E-state index contributed by atoms with van der Waals surface area (Å²) in [6.45, 7) is 7.57. The summed E-state index contributed by atoms with van der Waals surface area (Å²) in [5, 5.41) is 3.09. The molecule has 0 aliphatic carbocycles. The molecule has 2 heterocycles. The van der Waals surface area contributed by atoms with Crippen LogP contribution < -0.4 is 5.32 Å². The third kappa shape index (κ3) is 4.78. The van der Waals surface area contributed by atoms with Crippen molar-refractivity contribution in [2.45, 2.75) is 4.90 Å². The van der Waals surface area contributed by atoms with Crippen molar-refractivity contribution in [1.82, 2.24) is 14.3 Å². The van der Waals surface area contributed by atoms with Gasteiger partial charge in [-0.25, -0.2) is 13.4 Å². The van der Waals surface area contributed by atoms with E-state index in [4.69, 9.17) is 0 Å². The number of fused-ring (bicyclic) bond motifs is 1. The fourth-order valence-electron chi connectivity index (χ4n) is 2.53. The third-order valence-electron chi connectivity index (χ3n) is 3.85. The van der Waals surface area contributed by atoms with Crippen LogP contribution >= 0.6 is 27.3 Å². The molecule has 0 saturated carbocycles. The number of anilines is 1. The Balaban J connectivity index is 1.89. The van der Waals surface area contributed by atoms with E-state index in [0.29, 0.717) is 25.4 Å². The number of amides is 1. The van der Waals surface area contributed by atoms with Gasteiger partial charge in [-0.15, -0.1) is 13.2 Å². The van der Waals surface area contributed by atoms with E-state index in [0.717, 1.165) is 0 Å². The Labute approximate surface area is 181 Å². The van der Waals surface area contributed by atoms with Crippen molar-refractivity contribution in [3.63, 3.8) is 0 Å². The number of pyridine rings is 1. The molecule has 1 N–H and O–H groups in total. The van der Waals surface area contributed by atoms with Crippen LogP contribution in [0.15, 0.2) is 71.3 Å². The number of sulfonamides is 1. The van der Waals surface area contributed by atoms with Gasteiger partial charge in [0, 0.05) is 30.0 Å². The molecule has 2 aromatic heterocycles. The van der Waals surface area contributed by atoms with E-state index < -0.39 is 10.0 Å². The van der Waals surface area contributed by atoms with E-state index in [-0.39, 0.29) is 23.9 Å². The van der Waals surface area contributed by atoms with E-state index in [1.807, 2.05) is 0 Å². The number of carbonyl (C=O) groups excluding carboxylic acids is 1. The third-order valence-corrected chi connectivity index (χ3v) is 7.05. The van der Waals surface area contributed by atoms with E-state index in [1.54, 1.807) is 24.4 Å². The van der Waals surface area contributed by atoms with Crippen molar-refractivity contribution in [1.29, 1.82) is 0 Å². The predicted molar refractivity (Wildman–Crippen MR) is 119 cm³/mol. The van der Waals surface area contributed by atoms with Crippen molar-refractivity contribution in [3.05, 3.63) is 72.0 Å². The standard InChI is InChI=1S/C19H17BrN4O3S2/c1-3-7-24(8-4-2)29(26,27)15-5-6-16-17(10-15)28-19(22-16)23-18(25)13-9-14(20)12-21-11-13/h3-6,9-12H,1-2,7-8H2,(H,22,23,25). The van der Waals surface area contributed by atoms with Crippen molar-refractivity contribution in [2.24, 2.45) is 0 Å². The van der Waals surface area contributed by atoms with Crippen molar-refractivity contribution < 1.29 is 13.2 Å². The largest absolute Gasteiger partial charge is 0.298 e. The molecule has 0 saturated heterocycles. The van der Waals surface area contributed by atoms with Crippen LogP contribution in [0.25, 0.3) is 10.2 Å². The Hall–Kier alpha value is -2.40. The van der Waals surface area contributed by atoms with Gasteiger partial charge in [0.15, 0.2) is 5.13 Å². The lowest BCUT2D eigenvalue weighted by molar-refractivity contribution is 0.102. The van der Waals surface area contributed by atoms with Crippen molar-refractivity contribution in [3.8, 4) is 0 Å². The molecular weight excluding hydrogens is 476 g/mol. The van der Waals surface area contributed by atoms with Crippen LogP contribution in [0.2, 0.25) is 0 Å². The highest BCUT2D eigenvalue weighted by Gasteiger charge is 2.23. The molecule has 0 spiro atoms. The van der Waals surface area contributed by atoms with Gasteiger partial charge in [-0.3, -0.25) is 15.1 Å². The maximum atomic E-state index is 12.9. The van der Waals surface area contributed by atoms with Crippen LogP contribution in [0.1, 0.15) is 10.4 Å². The fraction of sp³-hybridized carbons (Fsp3) is 0.105. The van der Waals surface area contributed by atoms with Gasteiger partial charge in [0.25, 0.3) is 5.91 Å². The Bertz CT molecular complexity index is 1180. The summed E-state index contributed by atoms with van der Waals surface area (Å²) in [5.74, 6) is -0.353. The number of nitrogens with one attached hydrogen (secondary N) is 1.